The van der Waals surface area contributed by atoms with E-state index in [1.165, 1.54) is 0 Å². The predicted molar refractivity (Wildman–Crippen MR) is 89.9 cm³/mol. The zero-order chi connectivity index (χ0) is 16.4. The van der Waals surface area contributed by atoms with Crippen molar-refractivity contribution in [2.75, 3.05) is 32.8 Å². The molecule has 0 radical (unpaired) electrons. The fraction of sp³-hybridized carbons (Fsp3) is 0.556. The van der Waals surface area contributed by atoms with Crippen molar-refractivity contribution in [1.82, 2.24) is 15.2 Å². The average molecular weight is 329 g/mol. The lowest BCUT2D eigenvalue weighted by Gasteiger charge is -2.31. The second-order valence-electron chi connectivity index (χ2n) is 6.70. The van der Waals surface area contributed by atoms with Gasteiger partial charge in [0.2, 0.25) is 0 Å². The van der Waals surface area contributed by atoms with Gasteiger partial charge < -0.3 is 19.4 Å². The topological polar surface area (TPSA) is 67.6 Å². The van der Waals surface area contributed by atoms with Crippen LogP contribution >= 0.6 is 0 Å². The number of carbonyl (C=O) groups is 1. The number of para-hydroxylation sites is 2. The third kappa shape index (κ3) is 3.24. The standard InChI is InChI=1S/C18H23N3O3/c22-18(19-11-13-7-10-23-12-13)21-8-5-14(6-9-21)17-20-15-3-1-2-4-16(15)24-17/h1-4,13-14H,5-12H2,(H,19,22)/t13-/m1/s1. The maximum absolute atomic E-state index is 12.3. The van der Waals surface area contributed by atoms with Gasteiger partial charge in [0.15, 0.2) is 11.5 Å². The Kier molecular flexibility index (Phi) is 4.38. The molecule has 1 N–H and O–H groups in total. The summed E-state index contributed by atoms with van der Waals surface area (Å²) in [5, 5.41) is 3.04. The number of amides is 2. The monoisotopic (exact) mass is 329 g/mol. The maximum atomic E-state index is 12.3. The predicted octanol–water partition coefficient (Wildman–Crippen LogP) is 2.75. The van der Waals surface area contributed by atoms with Crippen molar-refractivity contribution >= 4 is 17.1 Å². The molecule has 0 unspecified atom stereocenters. The van der Waals surface area contributed by atoms with Crippen molar-refractivity contribution in [1.29, 1.82) is 0 Å². The smallest absolute Gasteiger partial charge is 0.317 e. The quantitative estimate of drug-likeness (QED) is 0.940. The van der Waals surface area contributed by atoms with E-state index in [1.54, 1.807) is 0 Å². The van der Waals surface area contributed by atoms with Crippen LogP contribution in [0.15, 0.2) is 28.7 Å². The highest BCUT2D eigenvalue weighted by Gasteiger charge is 2.27. The average Bonchev–Trinajstić information content (AvgIpc) is 3.29. The fourth-order valence-corrected chi connectivity index (χ4v) is 3.48. The number of likely N-dealkylation sites (tertiary alicyclic amines) is 1. The molecule has 2 aromatic rings. The summed E-state index contributed by atoms with van der Waals surface area (Å²) in [6.45, 7) is 3.78. The maximum Gasteiger partial charge on any atom is 0.317 e. The van der Waals surface area contributed by atoms with Crippen LogP contribution < -0.4 is 5.32 Å². The van der Waals surface area contributed by atoms with Crippen molar-refractivity contribution in [3.8, 4) is 0 Å². The van der Waals surface area contributed by atoms with Gasteiger partial charge in [0.05, 0.1) is 6.61 Å². The van der Waals surface area contributed by atoms with Crippen LogP contribution in [-0.4, -0.2) is 48.8 Å². The lowest BCUT2D eigenvalue weighted by Crippen LogP contribution is -2.45. The lowest BCUT2D eigenvalue weighted by molar-refractivity contribution is 0.171. The van der Waals surface area contributed by atoms with E-state index in [2.05, 4.69) is 10.3 Å². The van der Waals surface area contributed by atoms with E-state index in [1.807, 2.05) is 29.2 Å². The number of rotatable bonds is 3. The first-order valence-corrected chi connectivity index (χ1v) is 8.75. The number of nitrogens with one attached hydrogen (secondary N) is 1. The Bertz CT molecular complexity index is 667. The van der Waals surface area contributed by atoms with Crippen LogP contribution in [0.1, 0.15) is 31.1 Å². The highest BCUT2D eigenvalue weighted by atomic mass is 16.5. The summed E-state index contributed by atoms with van der Waals surface area (Å²) in [5.74, 6) is 1.57. The van der Waals surface area contributed by atoms with Crippen LogP contribution in [0.5, 0.6) is 0 Å². The Labute approximate surface area is 141 Å². The van der Waals surface area contributed by atoms with Crippen molar-refractivity contribution < 1.29 is 13.9 Å². The number of oxazole rings is 1. The van der Waals surface area contributed by atoms with Crippen LogP contribution in [-0.2, 0) is 4.74 Å². The number of piperidine rings is 1. The number of aromatic nitrogens is 1. The first kappa shape index (κ1) is 15.4. The number of urea groups is 1. The SMILES string of the molecule is O=C(NC[C@H]1CCOC1)N1CCC(c2nc3ccccc3o2)CC1. The molecule has 0 saturated carbocycles. The summed E-state index contributed by atoms with van der Waals surface area (Å²) in [6, 6.07) is 7.88. The number of fused-ring (bicyclic) bond motifs is 1. The molecule has 128 valence electrons. The second-order valence-corrected chi connectivity index (χ2v) is 6.70. The van der Waals surface area contributed by atoms with E-state index in [0.717, 1.165) is 62.6 Å². The third-order valence-corrected chi connectivity index (χ3v) is 5.01. The van der Waals surface area contributed by atoms with Crippen molar-refractivity contribution in [3.05, 3.63) is 30.2 Å². The Morgan fingerprint density at radius 1 is 1.25 bits per heavy atom. The molecule has 2 amide bonds. The molecule has 0 aliphatic carbocycles. The minimum absolute atomic E-state index is 0.0397. The van der Waals surface area contributed by atoms with Crippen LogP contribution in [0.2, 0.25) is 0 Å². The number of ether oxygens (including phenoxy) is 1. The molecule has 3 heterocycles. The van der Waals surface area contributed by atoms with Crippen molar-refractivity contribution in [3.63, 3.8) is 0 Å². The summed E-state index contributed by atoms with van der Waals surface area (Å²) in [4.78, 5) is 18.8. The Morgan fingerprint density at radius 3 is 2.83 bits per heavy atom. The number of benzene rings is 1. The van der Waals surface area contributed by atoms with E-state index < -0.39 is 0 Å². The third-order valence-electron chi connectivity index (χ3n) is 5.01. The van der Waals surface area contributed by atoms with Gasteiger partial charge in [-0.3, -0.25) is 0 Å². The van der Waals surface area contributed by atoms with Gasteiger partial charge in [0, 0.05) is 38.1 Å². The first-order chi connectivity index (χ1) is 11.8. The van der Waals surface area contributed by atoms with E-state index in [4.69, 9.17) is 9.15 Å². The molecule has 2 fully saturated rings. The molecule has 0 spiro atoms. The summed E-state index contributed by atoms with van der Waals surface area (Å²) in [7, 11) is 0. The van der Waals surface area contributed by atoms with Gasteiger partial charge in [0.25, 0.3) is 0 Å². The molecule has 2 aliphatic rings. The molecule has 1 atom stereocenters. The largest absolute Gasteiger partial charge is 0.440 e. The van der Waals surface area contributed by atoms with Crippen LogP contribution in [0, 0.1) is 5.92 Å². The Balaban J connectivity index is 1.30. The zero-order valence-corrected chi connectivity index (χ0v) is 13.7. The molecule has 1 aromatic heterocycles. The molecule has 4 rings (SSSR count). The van der Waals surface area contributed by atoms with Gasteiger partial charge in [-0.1, -0.05) is 12.1 Å². The minimum atomic E-state index is 0.0397. The van der Waals surface area contributed by atoms with Gasteiger partial charge >= 0.3 is 6.03 Å². The van der Waals surface area contributed by atoms with E-state index in [-0.39, 0.29) is 6.03 Å². The fourth-order valence-electron chi connectivity index (χ4n) is 3.48. The van der Waals surface area contributed by atoms with Gasteiger partial charge in [0.1, 0.15) is 5.52 Å². The van der Waals surface area contributed by atoms with E-state index >= 15 is 0 Å². The molecule has 6 heteroatoms. The van der Waals surface area contributed by atoms with Crippen molar-refractivity contribution in [2.24, 2.45) is 5.92 Å². The summed E-state index contributed by atoms with van der Waals surface area (Å²) in [6.07, 6.45) is 2.83. The van der Waals surface area contributed by atoms with Gasteiger partial charge in [-0.25, -0.2) is 9.78 Å². The zero-order valence-electron chi connectivity index (χ0n) is 13.7. The molecule has 2 saturated heterocycles. The van der Waals surface area contributed by atoms with Gasteiger partial charge in [-0.2, -0.15) is 0 Å². The number of hydrogen-bond acceptors (Lipinski definition) is 4. The highest BCUT2D eigenvalue weighted by Crippen LogP contribution is 2.29. The number of carbonyl (C=O) groups excluding carboxylic acids is 1. The van der Waals surface area contributed by atoms with E-state index in [0.29, 0.717) is 18.4 Å². The van der Waals surface area contributed by atoms with Crippen LogP contribution in [0.25, 0.3) is 11.1 Å². The summed E-state index contributed by atoms with van der Waals surface area (Å²) < 4.78 is 11.2. The summed E-state index contributed by atoms with van der Waals surface area (Å²) in [5.41, 5.74) is 1.75. The van der Waals surface area contributed by atoms with Crippen molar-refractivity contribution in [2.45, 2.75) is 25.2 Å². The molecular formula is C18H23N3O3. The molecular weight excluding hydrogens is 306 g/mol. The number of nitrogens with zero attached hydrogens (tertiary/aromatic N) is 2. The van der Waals surface area contributed by atoms with Gasteiger partial charge in [-0.15, -0.1) is 0 Å². The molecule has 0 bridgehead atoms. The van der Waals surface area contributed by atoms with Gasteiger partial charge in [-0.05, 0) is 31.4 Å². The Morgan fingerprint density at radius 2 is 2.08 bits per heavy atom. The minimum Gasteiger partial charge on any atom is -0.440 e. The molecule has 24 heavy (non-hydrogen) atoms. The summed E-state index contributed by atoms with van der Waals surface area (Å²) >= 11 is 0. The van der Waals surface area contributed by atoms with Crippen LogP contribution in [0.4, 0.5) is 4.79 Å². The van der Waals surface area contributed by atoms with Crippen LogP contribution in [0.3, 0.4) is 0 Å². The van der Waals surface area contributed by atoms with E-state index in [9.17, 15) is 4.79 Å². The second kappa shape index (κ2) is 6.81. The first-order valence-electron chi connectivity index (χ1n) is 8.75. The Hall–Kier alpha value is -2.08. The molecule has 1 aromatic carbocycles. The highest BCUT2D eigenvalue weighted by molar-refractivity contribution is 5.74. The number of hydrogen-bond donors (Lipinski definition) is 1. The lowest BCUT2D eigenvalue weighted by atomic mass is 9.97. The normalized spacial score (nSPS) is 22.2. The molecule has 6 nitrogen and oxygen atoms in total. The molecule has 2 aliphatic heterocycles.